The van der Waals surface area contributed by atoms with Crippen LogP contribution in [0, 0.1) is 34.6 Å². The first-order valence-corrected chi connectivity index (χ1v) is 11.0. The van der Waals surface area contributed by atoms with Gasteiger partial charge < -0.3 is 0 Å². The maximum atomic E-state index is 13.0. The van der Waals surface area contributed by atoms with Crippen molar-refractivity contribution in [2.75, 3.05) is 5.75 Å². The molecule has 0 aliphatic rings. The Morgan fingerprint density at radius 3 is 2.32 bits per heavy atom. The monoisotopic (exact) mass is 432 g/mol. The summed E-state index contributed by atoms with van der Waals surface area (Å²) in [7, 11) is 0. The van der Waals surface area contributed by atoms with E-state index in [1.165, 1.54) is 22.9 Å². The second-order valence-electron chi connectivity index (χ2n) is 7.88. The molecule has 2 aromatic heterocycles. The van der Waals surface area contributed by atoms with E-state index in [0.717, 1.165) is 27.9 Å². The average molecular weight is 433 g/mol. The zero-order valence-corrected chi connectivity index (χ0v) is 19.1. The molecule has 6 nitrogen and oxygen atoms in total. The van der Waals surface area contributed by atoms with Crippen molar-refractivity contribution < 1.29 is 4.79 Å². The first-order valence-electron chi connectivity index (χ1n) is 10.0. The highest BCUT2D eigenvalue weighted by molar-refractivity contribution is 7.99. The van der Waals surface area contributed by atoms with Crippen LogP contribution in [0.1, 0.15) is 38.2 Å². The summed E-state index contributed by atoms with van der Waals surface area (Å²) in [6, 6.07) is 9.86. The van der Waals surface area contributed by atoms with E-state index in [9.17, 15) is 9.59 Å². The van der Waals surface area contributed by atoms with E-state index in [2.05, 4.69) is 10.2 Å². The molecule has 0 unspecified atom stereocenters. The van der Waals surface area contributed by atoms with Crippen molar-refractivity contribution in [3.8, 4) is 5.69 Å². The standard InChI is InChI=1S/C24H24N4O2S/c1-14-6-7-19(11-16(14)3)27-8-9-28-22(23(27)30)25-26-24(28)31-13-21(29)20-12-17(4)15(2)10-18(20)5/h6-12H,13H2,1-5H3. The molecule has 0 saturated carbocycles. The van der Waals surface area contributed by atoms with Crippen molar-refractivity contribution in [3.63, 3.8) is 0 Å². The van der Waals surface area contributed by atoms with E-state index in [4.69, 9.17) is 0 Å². The summed E-state index contributed by atoms with van der Waals surface area (Å²) in [6.45, 7) is 10.0. The third kappa shape index (κ3) is 3.93. The second kappa shape index (κ2) is 8.15. The first kappa shape index (κ1) is 21.1. The number of carbonyl (C=O) groups excluding carboxylic acids is 1. The largest absolute Gasteiger partial charge is 0.300 e. The Balaban J connectivity index is 1.61. The number of hydrogen-bond acceptors (Lipinski definition) is 5. The Bertz CT molecular complexity index is 1380. The van der Waals surface area contributed by atoms with Crippen LogP contribution in [0.15, 0.2) is 52.7 Å². The van der Waals surface area contributed by atoms with Gasteiger partial charge in [-0.2, -0.15) is 0 Å². The van der Waals surface area contributed by atoms with E-state index < -0.39 is 0 Å². The molecule has 0 radical (unpaired) electrons. The minimum atomic E-state index is -0.249. The summed E-state index contributed by atoms with van der Waals surface area (Å²) in [5.74, 6) is 0.260. The highest BCUT2D eigenvalue weighted by atomic mass is 32.2. The molecular formula is C24H24N4O2S. The predicted octanol–water partition coefficient (Wildman–Crippen LogP) is 4.40. The molecule has 0 fully saturated rings. The minimum absolute atomic E-state index is 0.0332. The molecule has 0 atom stereocenters. The Labute approximate surface area is 185 Å². The Hall–Kier alpha value is -3.19. The number of thioether (sulfide) groups is 1. The van der Waals surface area contributed by atoms with Crippen LogP contribution in [0.5, 0.6) is 0 Å². The van der Waals surface area contributed by atoms with Gasteiger partial charge in [-0.15, -0.1) is 10.2 Å². The van der Waals surface area contributed by atoms with E-state index >= 15 is 0 Å². The van der Waals surface area contributed by atoms with Gasteiger partial charge >= 0.3 is 5.56 Å². The number of aryl methyl sites for hydroxylation is 5. The molecule has 0 bridgehead atoms. The summed E-state index contributed by atoms with van der Waals surface area (Å²) in [5, 5.41) is 8.76. The lowest BCUT2D eigenvalue weighted by Crippen LogP contribution is -2.20. The molecular weight excluding hydrogens is 408 g/mol. The molecule has 2 heterocycles. The van der Waals surface area contributed by atoms with Crippen LogP contribution in [0.2, 0.25) is 0 Å². The van der Waals surface area contributed by atoms with Gasteiger partial charge in [-0.3, -0.25) is 18.6 Å². The van der Waals surface area contributed by atoms with Crippen LogP contribution >= 0.6 is 11.8 Å². The van der Waals surface area contributed by atoms with Gasteiger partial charge in [0, 0.05) is 23.6 Å². The number of carbonyl (C=O) groups is 1. The lowest BCUT2D eigenvalue weighted by Gasteiger charge is -2.09. The number of hydrogen-bond donors (Lipinski definition) is 0. The van der Waals surface area contributed by atoms with Crippen molar-refractivity contribution in [1.82, 2.24) is 19.2 Å². The zero-order chi connectivity index (χ0) is 22.3. The molecule has 31 heavy (non-hydrogen) atoms. The van der Waals surface area contributed by atoms with Gasteiger partial charge in [0.1, 0.15) is 0 Å². The smallest absolute Gasteiger partial charge is 0.293 e. The zero-order valence-electron chi connectivity index (χ0n) is 18.3. The molecule has 0 N–H and O–H groups in total. The fourth-order valence-corrected chi connectivity index (χ4v) is 4.31. The van der Waals surface area contributed by atoms with Gasteiger partial charge in [0.2, 0.25) is 5.65 Å². The van der Waals surface area contributed by atoms with E-state index in [1.54, 1.807) is 21.4 Å². The molecule has 0 spiro atoms. The quantitative estimate of drug-likeness (QED) is 0.345. The number of aromatic nitrogens is 4. The SMILES string of the molecule is Cc1ccc(-n2ccn3c(SCC(=O)c4cc(C)c(C)cc4C)nnc3c2=O)cc1C. The van der Waals surface area contributed by atoms with Crippen LogP contribution in [0.3, 0.4) is 0 Å². The molecule has 0 saturated heterocycles. The van der Waals surface area contributed by atoms with Crippen LogP contribution in [0.4, 0.5) is 0 Å². The number of ketones is 1. The molecule has 0 aliphatic heterocycles. The molecule has 0 amide bonds. The fourth-order valence-electron chi connectivity index (χ4n) is 3.51. The second-order valence-corrected chi connectivity index (χ2v) is 8.82. The van der Waals surface area contributed by atoms with Gasteiger partial charge in [0.25, 0.3) is 0 Å². The third-order valence-corrected chi connectivity index (χ3v) is 6.62. The van der Waals surface area contributed by atoms with Crippen LogP contribution in [-0.4, -0.2) is 30.7 Å². The summed E-state index contributed by atoms with van der Waals surface area (Å²) in [5.41, 5.74) is 7.01. The number of nitrogens with zero attached hydrogens (tertiary/aromatic N) is 4. The van der Waals surface area contributed by atoms with Crippen molar-refractivity contribution in [1.29, 1.82) is 0 Å². The lowest BCUT2D eigenvalue weighted by atomic mass is 9.99. The van der Waals surface area contributed by atoms with Gasteiger partial charge in [-0.05, 0) is 80.6 Å². The molecule has 0 aliphatic carbocycles. The van der Waals surface area contributed by atoms with E-state index in [1.807, 2.05) is 65.0 Å². The number of fused-ring (bicyclic) bond motifs is 1. The van der Waals surface area contributed by atoms with Crippen molar-refractivity contribution in [2.24, 2.45) is 0 Å². The summed E-state index contributed by atoms with van der Waals surface area (Å²) >= 11 is 1.28. The third-order valence-electron chi connectivity index (χ3n) is 5.68. The molecule has 158 valence electrons. The van der Waals surface area contributed by atoms with Crippen LogP contribution in [-0.2, 0) is 0 Å². The fraction of sp³-hybridized carbons (Fsp3) is 0.250. The molecule has 4 aromatic rings. The van der Waals surface area contributed by atoms with E-state index in [0.29, 0.717) is 5.16 Å². The predicted molar refractivity (Wildman–Crippen MR) is 124 cm³/mol. The number of rotatable bonds is 5. The van der Waals surface area contributed by atoms with E-state index in [-0.39, 0.29) is 22.7 Å². The Morgan fingerprint density at radius 1 is 0.871 bits per heavy atom. The highest BCUT2D eigenvalue weighted by Gasteiger charge is 2.16. The van der Waals surface area contributed by atoms with Crippen molar-refractivity contribution in [3.05, 3.63) is 86.5 Å². The summed E-state index contributed by atoms with van der Waals surface area (Å²) < 4.78 is 3.21. The molecule has 2 aromatic carbocycles. The van der Waals surface area contributed by atoms with Crippen LogP contribution < -0.4 is 5.56 Å². The molecule has 4 rings (SSSR count). The normalized spacial score (nSPS) is 11.3. The summed E-state index contributed by atoms with van der Waals surface area (Å²) in [6.07, 6.45) is 3.47. The minimum Gasteiger partial charge on any atom is -0.293 e. The lowest BCUT2D eigenvalue weighted by molar-refractivity contribution is 0.102. The Kier molecular flexibility index (Phi) is 5.54. The van der Waals surface area contributed by atoms with Crippen LogP contribution in [0.25, 0.3) is 11.3 Å². The van der Waals surface area contributed by atoms with Gasteiger partial charge in [0.15, 0.2) is 10.9 Å². The average Bonchev–Trinajstić information content (AvgIpc) is 3.15. The Morgan fingerprint density at radius 2 is 1.58 bits per heavy atom. The van der Waals surface area contributed by atoms with Gasteiger partial charge in [-0.25, -0.2) is 0 Å². The maximum absolute atomic E-state index is 13.0. The first-order chi connectivity index (χ1) is 14.8. The van der Waals surface area contributed by atoms with Gasteiger partial charge in [0.05, 0.1) is 5.75 Å². The van der Waals surface area contributed by atoms with Crippen molar-refractivity contribution >= 4 is 23.2 Å². The molecule has 7 heteroatoms. The number of benzene rings is 2. The topological polar surface area (TPSA) is 69.3 Å². The summed E-state index contributed by atoms with van der Waals surface area (Å²) in [4.78, 5) is 25.8. The number of Topliss-reactive ketones (excluding diaryl/α,β-unsaturated/α-hetero) is 1. The maximum Gasteiger partial charge on any atom is 0.300 e. The van der Waals surface area contributed by atoms with Gasteiger partial charge in [-0.1, -0.05) is 23.9 Å². The van der Waals surface area contributed by atoms with Crippen molar-refractivity contribution in [2.45, 2.75) is 39.8 Å². The highest BCUT2D eigenvalue weighted by Crippen LogP contribution is 2.21.